The molecule has 1 aliphatic heterocycles. The molecule has 1 aliphatic rings. The van der Waals surface area contributed by atoms with Crippen LogP contribution in [0.3, 0.4) is 0 Å². The minimum Gasteiger partial charge on any atom is -0.490 e. The molecule has 0 saturated carbocycles. The standard InChI is InChI=1S/C21H19N3O6/c1-3-29-14-9-13(16-15(19(14)30-4-2)18(25)20(26)24-16)17(21(27)28)23-12-7-5-11(10-22)6-8-12/h5-9,17,23H,3-4H2,1-2H3,(H,27,28)(H,24,25,26). The van der Waals surface area contributed by atoms with Crippen molar-refractivity contribution in [3.8, 4) is 17.6 Å². The molecule has 1 heterocycles. The van der Waals surface area contributed by atoms with Gasteiger partial charge in [0.1, 0.15) is 0 Å². The van der Waals surface area contributed by atoms with Gasteiger partial charge in [0.25, 0.3) is 11.7 Å². The lowest BCUT2D eigenvalue weighted by Gasteiger charge is -2.22. The highest BCUT2D eigenvalue weighted by Crippen LogP contribution is 2.45. The number of ether oxygens (including phenoxy) is 2. The van der Waals surface area contributed by atoms with Gasteiger partial charge in [0.2, 0.25) is 0 Å². The van der Waals surface area contributed by atoms with Crippen molar-refractivity contribution in [2.75, 3.05) is 23.8 Å². The number of amides is 1. The second-order valence-electron chi connectivity index (χ2n) is 6.30. The summed E-state index contributed by atoms with van der Waals surface area (Å²) in [4.78, 5) is 36.6. The minimum atomic E-state index is -1.31. The maximum absolute atomic E-state index is 12.5. The summed E-state index contributed by atoms with van der Waals surface area (Å²) in [5, 5.41) is 24.1. The maximum Gasteiger partial charge on any atom is 0.330 e. The van der Waals surface area contributed by atoms with Crippen LogP contribution in [-0.2, 0) is 9.59 Å². The zero-order valence-corrected chi connectivity index (χ0v) is 16.3. The number of carbonyl (C=O) groups excluding carboxylic acids is 2. The van der Waals surface area contributed by atoms with Gasteiger partial charge in [0, 0.05) is 11.3 Å². The third-order valence-electron chi connectivity index (χ3n) is 4.42. The van der Waals surface area contributed by atoms with Crippen molar-refractivity contribution in [3.63, 3.8) is 0 Å². The van der Waals surface area contributed by atoms with Crippen molar-refractivity contribution < 1.29 is 29.0 Å². The Morgan fingerprint density at radius 1 is 1.20 bits per heavy atom. The van der Waals surface area contributed by atoms with Gasteiger partial charge in [-0.25, -0.2) is 4.79 Å². The summed E-state index contributed by atoms with van der Waals surface area (Å²) in [5.41, 5.74) is 1.04. The molecule has 30 heavy (non-hydrogen) atoms. The fourth-order valence-corrected chi connectivity index (χ4v) is 3.15. The highest BCUT2D eigenvalue weighted by Gasteiger charge is 2.39. The van der Waals surface area contributed by atoms with Gasteiger partial charge in [-0.1, -0.05) is 0 Å². The summed E-state index contributed by atoms with van der Waals surface area (Å²) in [6, 6.07) is 8.34. The van der Waals surface area contributed by atoms with E-state index < -0.39 is 23.7 Å². The van der Waals surface area contributed by atoms with Crippen LogP contribution in [0.15, 0.2) is 30.3 Å². The molecule has 1 unspecified atom stereocenters. The molecule has 9 nitrogen and oxygen atoms in total. The number of ketones is 1. The van der Waals surface area contributed by atoms with Crippen molar-refractivity contribution in [3.05, 3.63) is 47.0 Å². The van der Waals surface area contributed by atoms with Gasteiger partial charge in [0.05, 0.1) is 36.1 Å². The number of anilines is 2. The summed E-state index contributed by atoms with van der Waals surface area (Å²) < 4.78 is 11.1. The van der Waals surface area contributed by atoms with E-state index in [0.29, 0.717) is 11.3 Å². The van der Waals surface area contributed by atoms with Crippen molar-refractivity contribution in [1.82, 2.24) is 0 Å². The van der Waals surface area contributed by atoms with Crippen LogP contribution in [0.4, 0.5) is 11.4 Å². The molecule has 1 amide bonds. The molecule has 0 bridgehead atoms. The zero-order valence-electron chi connectivity index (χ0n) is 16.3. The highest BCUT2D eigenvalue weighted by atomic mass is 16.5. The first-order chi connectivity index (χ1) is 14.4. The quantitative estimate of drug-likeness (QED) is 0.566. The molecular formula is C21H19N3O6. The number of carbonyl (C=O) groups is 3. The number of fused-ring (bicyclic) bond motifs is 1. The van der Waals surface area contributed by atoms with Gasteiger partial charge < -0.3 is 25.2 Å². The zero-order chi connectivity index (χ0) is 21.8. The van der Waals surface area contributed by atoms with E-state index in [1.165, 1.54) is 6.07 Å². The summed E-state index contributed by atoms with van der Waals surface area (Å²) >= 11 is 0. The van der Waals surface area contributed by atoms with E-state index in [0.717, 1.165) is 0 Å². The lowest BCUT2D eigenvalue weighted by atomic mass is 9.98. The molecule has 1 atom stereocenters. The second kappa shape index (κ2) is 8.53. The lowest BCUT2D eigenvalue weighted by Crippen LogP contribution is -2.22. The molecule has 0 spiro atoms. The van der Waals surface area contributed by atoms with Gasteiger partial charge >= 0.3 is 5.97 Å². The maximum atomic E-state index is 12.5. The number of benzene rings is 2. The predicted octanol–water partition coefficient (Wildman–Crippen LogP) is 2.73. The van der Waals surface area contributed by atoms with Crippen LogP contribution >= 0.6 is 0 Å². The average Bonchev–Trinajstić information content (AvgIpc) is 3.03. The molecule has 0 saturated heterocycles. The fourth-order valence-electron chi connectivity index (χ4n) is 3.15. The number of nitriles is 1. The molecule has 3 N–H and O–H groups in total. The summed E-state index contributed by atoms with van der Waals surface area (Å²) in [7, 11) is 0. The first kappa shape index (κ1) is 20.7. The largest absolute Gasteiger partial charge is 0.490 e. The van der Waals surface area contributed by atoms with E-state index in [9.17, 15) is 19.5 Å². The number of carboxylic acids is 1. The average molecular weight is 409 g/mol. The summed E-state index contributed by atoms with van der Waals surface area (Å²) in [6.45, 7) is 3.92. The van der Waals surface area contributed by atoms with Gasteiger partial charge in [0.15, 0.2) is 17.5 Å². The van der Waals surface area contributed by atoms with E-state index in [4.69, 9.17) is 14.7 Å². The second-order valence-corrected chi connectivity index (χ2v) is 6.30. The molecule has 154 valence electrons. The molecule has 2 aromatic rings. The van der Waals surface area contributed by atoms with Crippen LogP contribution in [0.1, 0.15) is 41.4 Å². The van der Waals surface area contributed by atoms with Crippen LogP contribution in [0.25, 0.3) is 0 Å². The lowest BCUT2D eigenvalue weighted by molar-refractivity contribution is -0.138. The Kier molecular flexibility index (Phi) is 5.88. The fraction of sp³-hybridized carbons (Fsp3) is 0.238. The number of carboxylic acid groups (broad SMARTS) is 1. The van der Waals surface area contributed by atoms with Gasteiger partial charge in [-0.05, 0) is 44.2 Å². The number of nitrogens with zero attached hydrogens (tertiary/aromatic N) is 1. The van der Waals surface area contributed by atoms with Crippen molar-refractivity contribution in [2.24, 2.45) is 0 Å². The van der Waals surface area contributed by atoms with Crippen LogP contribution in [0.5, 0.6) is 11.5 Å². The first-order valence-corrected chi connectivity index (χ1v) is 9.22. The van der Waals surface area contributed by atoms with Crippen molar-refractivity contribution in [2.45, 2.75) is 19.9 Å². The molecule has 0 aliphatic carbocycles. The van der Waals surface area contributed by atoms with E-state index in [-0.39, 0.29) is 41.5 Å². The Labute approximate surface area is 172 Å². The summed E-state index contributed by atoms with van der Waals surface area (Å²) in [6.07, 6.45) is 0. The number of Topliss-reactive ketones (excluding diaryl/α,β-unsaturated/α-hetero) is 1. The Bertz CT molecular complexity index is 1060. The monoisotopic (exact) mass is 409 g/mol. The molecule has 9 heteroatoms. The third kappa shape index (κ3) is 3.75. The van der Waals surface area contributed by atoms with Crippen LogP contribution < -0.4 is 20.1 Å². The van der Waals surface area contributed by atoms with E-state index in [1.807, 2.05) is 6.07 Å². The number of hydrogen-bond acceptors (Lipinski definition) is 7. The molecule has 0 radical (unpaired) electrons. The van der Waals surface area contributed by atoms with Gasteiger partial charge in [-0.2, -0.15) is 5.26 Å². The number of nitrogens with one attached hydrogen (secondary N) is 2. The molecule has 3 rings (SSSR count). The van der Waals surface area contributed by atoms with Crippen molar-refractivity contribution >= 4 is 29.0 Å². The Morgan fingerprint density at radius 3 is 2.43 bits per heavy atom. The Morgan fingerprint density at radius 2 is 1.87 bits per heavy atom. The van der Waals surface area contributed by atoms with Crippen LogP contribution in [0.2, 0.25) is 0 Å². The number of hydrogen-bond donors (Lipinski definition) is 3. The van der Waals surface area contributed by atoms with Crippen LogP contribution in [0, 0.1) is 11.3 Å². The number of aliphatic carboxylic acids is 1. The van der Waals surface area contributed by atoms with E-state index >= 15 is 0 Å². The minimum absolute atomic E-state index is 0.0457. The first-order valence-electron chi connectivity index (χ1n) is 9.22. The predicted molar refractivity (Wildman–Crippen MR) is 107 cm³/mol. The van der Waals surface area contributed by atoms with E-state index in [2.05, 4.69) is 10.6 Å². The third-order valence-corrected chi connectivity index (χ3v) is 4.42. The van der Waals surface area contributed by atoms with Crippen molar-refractivity contribution in [1.29, 1.82) is 5.26 Å². The SMILES string of the molecule is CCOc1cc(C(Nc2ccc(C#N)cc2)C(=O)O)c2c(c1OCC)C(=O)C(=O)N2. The molecule has 2 aromatic carbocycles. The summed E-state index contributed by atoms with van der Waals surface area (Å²) in [5.74, 6) is -2.65. The van der Waals surface area contributed by atoms with Gasteiger partial charge in [-0.15, -0.1) is 0 Å². The van der Waals surface area contributed by atoms with Gasteiger partial charge in [-0.3, -0.25) is 9.59 Å². The Balaban J connectivity index is 2.15. The smallest absolute Gasteiger partial charge is 0.330 e. The van der Waals surface area contributed by atoms with Crippen LogP contribution in [-0.4, -0.2) is 36.0 Å². The normalized spacial score (nSPS) is 13.1. The molecule has 0 fully saturated rings. The molecular weight excluding hydrogens is 390 g/mol. The number of rotatable bonds is 8. The van der Waals surface area contributed by atoms with E-state index in [1.54, 1.807) is 38.1 Å². The Hall–Kier alpha value is -4.06. The topological polar surface area (TPSA) is 138 Å². The highest BCUT2D eigenvalue weighted by molar-refractivity contribution is 6.52. The molecule has 0 aromatic heterocycles.